The molecule has 142 valence electrons. The van der Waals surface area contributed by atoms with E-state index < -0.39 is 12.0 Å². The van der Waals surface area contributed by atoms with Crippen LogP contribution >= 0.6 is 23.1 Å². The standard InChI is InChI=1S/C15H22N6O3S2/c1-5-9(21-13(16)19-20-15(21)25-7-3)11(22)18-14-17-8(4)10(26-14)12(23)24-6-2/h9H,5-7H2,1-4H3,(H2,16,19)(H,17,18,22). The van der Waals surface area contributed by atoms with Crippen molar-refractivity contribution in [2.45, 2.75) is 45.3 Å². The van der Waals surface area contributed by atoms with Gasteiger partial charge >= 0.3 is 5.97 Å². The van der Waals surface area contributed by atoms with Crippen molar-refractivity contribution in [2.24, 2.45) is 0 Å². The van der Waals surface area contributed by atoms with E-state index in [2.05, 4.69) is 20.5 Å². The lowest BCUT2D eigenvalue weighted by Crippen LogP contribution is -2.27. The number of thioether (sulfide) groups is 1. The van der Waals surface area contributed by atoms with E-state index in [1.54, 1.807) is 18.4 Å². The van der Waals surface area contributed by atoms with E-state index in [9.17, 15) is 9.59 Å². The molecule has 1 amide bonds. The maximum Gasteiger partial charge on any atom is 0.350 e. The van der Waals surface area contributed by atoms with E-state index in [4.69, 9.17) is 10.5 Å². The van der Waals surface area contributed by atoms with Gasteiger partial charge in [-0.05, 0) is 26.0 Å². The molecule has 0 saturated carbocycles. The zero-order valence-corrected chi connectivity index (χ0v) is 16.7. The molecule has 1 atom stereocenters. The molecule has 11 heteroatoms. The molecule has 2 rings (SSSR count). The lowest BCUT2D eigenvalue weighted by atomic mass is 10.2. The van der Waals surface area contributed by atoms with Crippen LogP contribution in [0.5, 0.6) is 0 Å². The van der Waals surface area contributed by atoms with E-state index in [0.717, 1.165) is 17.1 Å². The van der Waals surface area contributed by atoms with Gasteiger partial charge in [-0.2, -0.15) is 0 Å². The van der Waals surface area contributed by atoms with Crippen LogP contribution in [0.4, 0.5) is 11.1 Å². The molecule has 0 aliphatic carbocycles. The van der Waals surface area contributed by atoms with Gasteiger partial charge in [-0.15, -0.1) is 10.2 Å². The second-order valence-corrected chi connectivity index (χ2v) is 7.44. The summed E-state index contributed by atoms with van der Waals surface area (Å²) in [7, 11) is 0. The zero-order valence-electron chi connectivity index (χ0n) is 15.1. The fraction of sp³-hybridized carbons (Fsp3) is 0.533. The van der Waals surface area contributed by atoms with E-state index in [1.165, 1.54) is 11.8 Å². The van der Waals surface area contributed by atoms with Crippen LogP contribution in [0, 0.1) is 6.92 Å². The molecule has 1 unspecified atom stereocenters. The molecule has 9 nitrogen and oxygen atoms in total. The van der Waals surface area contributed by atoms with E-state index in [1.807, 2.05) is 13.8 Å². The SMILES string of the molecule is CCOC(=O)c1sc(NC(=O)C(CC)n2c(N)nnc2SCC)nc1C. The van der Waals surface area contributed by atoms with Gasteiger partial charge in [-0.3, -0.25) is 9.36 Å². The average molecular weight is 399 g/mol. The summed E-state index contributed by atoms with van der Waals surface area (Å²) in [5.74, 6) is 0.233. The van der Waals surface area contributed by atoms with Gasteiger partial charge in [0.25, 0.3) is 0 Å². The maximum atomic E-state index is 12.8. The second kappa shape index (κ2) is 8.99. The minimum Gasteiger partial charge on any atom is -0.462 e. The third-order valence-electron chi connectivity index (χ3n) is 3.45. The summed E-state index contributed by atoms with van der Waals surface area (Å²) >= 11 is 2.55. The van der Waals surface area contributed by atoms with Gasteiger partial charge in [0.1, 0.15) is 10.9 Å². The number of nitrogens with zero attached hydrogens (tertiary/aromatic N) is 4. The minimum atomic E-state index is -0.575. The number of aromatic nitrogens is 4. The molecule has 3 N–H and O–H groups in total. The average Bonchev–Trinajstić information content (AvgIpc) is 3.13. The number of rotatable bonds is 8. The fourth-order valence-corrected chi connectivity index (χ4v) is 3.90. The number of amides is 1. The molecular formula is C15H22N6O3S2. The number of carbonyl (C=O) groups is 2. The van der Waals surface area contributed by atoms with Crippen LogP contribution in [0.1, 0.15) is 48.6 Å². The maximum absolute atomic E-state index is 12.8. The highest BCUT2D eigenvalue weighted by Crippen LogP contribution is 2.28. The molecule has 0 bridgehead atoms. The van der Waals surface area contributed by atoms with Gasteiger partial charge < -0.3 is 15.8 Å². The van der Waals surface area contributed by atoms with Crippen molar-refractivity contribution in [3.63, 3.8) is 0 Å². The molecule has 0 aromatic carbocycles. The fourth-order valence-electron chi connectivity index (χ4n) is 2.32. The van der Waals surface area contributed by atoms with Gasteiger partial charge in [0.15, 0.2) is 10.3 Å². The van der Waals surface area contributed by atoms with Crippen molar-refractivity contribution >= 4 is 46.1 Å². The highest BCUT2D eigenvalue weighted by atomic mass is 32.2. The second-order valence-electron chi connectivity index (χ2n) is 5.21. The molecule has 2 heterocycles. The lowest BCUT2D eigenvalue weighted by molar-refractivity contribution is -0.119. The number of aryl methyl sites for hydroxylation is 1. The van der Waals surface area contributed by atoms with E-state index in [0.29, 0.717) is 27.3 Å². The summed E-state index contributed by atoms with van der Waals surface area (Å²) in [6.45, 7) is 7.57. The normalized spacial score (nSPS) is 12.0. The van der Waals surface area contributed by atoms with Gasteiger partial charge in [-0.1, -0.05) is 36.9 Å². The minimum absolute atomic E-state index is 0.186. The molecule has 26 heavy (non-hydrogen) atoms. The van der Waals surface area contributed by atoms with Crippen LogP contribution in [0.15, 0.2) is 5.16 Å². The largest absolute Gasteiger partial charge is 0.462 e. The van der Waals surface area contributed by atoms with E-state index >= 15 is 0 Å². The number of carbonyl (C=O) groups excluding carboxylic acids is 2. The Labute approximate surface area is 159 Å². The number of ether oxygens (including phenoxy) is 1. The smallest absolute Gasteiger partial charge is 0.350 e. The molecule has 2 aromatic heterocycles. The first-order valence-electron chi connectivity index (χ1n) is 8.21. The topological polar surface area (TPSA) is 125 Å². The van der Waals surface area contributed by atoms with Crippen LogP contribution in [0.3, 0.4) is 0 Å². The first-order valence-corrected chi connectivity index (χ1v) is 10.0. The highest BCUT2D eigenvalue weighted by molar-refractivity contribution is 7.99. The van der Waals surface area contributed by atoms with Crippen molar-refractivity contribution in [1.29, 1.82) is 0 Å². The predicted molar refractivity (Wildman–Crippen MR) is 102 cm³/mol. The molecule has 0 spiro atoms. The van der Waals surface area contributed by atoms with Gasteiger partial charge in [0.05, 0.1) is 12.3 Å². The third-order valence-corrected chi connectivity index (χ3v) is 5.33. The Hall–Kier alpha value is -2.14. The van der Waals surface area contributed by atoms with Gasteiger partial charge in [-0.25, -0.2) is 9.78 Å². The number of anilines is 2. The van der Waals surface area contributed by atoms with Crippen LogP contribution in [0.25, 0.3) is 0 Å². The van der Waals surface area contributed by atoms with Crippen molar-refractivity contribution < 1.29 is 14.3 Å². The molecule has 2 aromatic rings. The monoisotopic (exact) mass is 398 g/mol. The summed E-state index contributed by atoms with van der Waals surface area (Å²) in [5, 5.41) is 11.6. The van der Waals surface area contributed by atoms with Crippen molar-refractivity contribution in [2.75, 3.05) is 23.4 Å². The number of esters is 1. The number of thiazole rings is 1. The summed E-state index contributed by atoms with van der Waals surface area (Å²) in [6.07, 6.45) is 0.500. The third kappa shape index (κ3) is 4.33. The Morgan fingerprint density at radius 3 is 2.69 bits per heavy atom. The Balaban J connectivity index is 2.22. The van der Waals surface area contributed by atoms with E-state index in [-0.39, 0.29) is 18.5 Å². The Morgan fingerprint density at radius 1 is 1.35 bits per heavy atom. The van der Waals surface area contributed by atoms with Crippen LogP contribution in [0.2, 0.25) is 0 Å². The van der Waals surface area contributed by atoms with Gasteiger partial charge in [0.2, 0.25) is 11.9 Å². The molecular weight excluding hydrogens is 376 g/mol. The van der Waals surface area contributed by atoms with Crippen molar-refractivity contribution in [3.8, 4) is 0 Å². The number of hydrogen-bond donors (Lipinski definition) is 2. The Kier molecular flexibility index (Phi) is 6.98. The number of nitrogen functional groups attached to an aromatic ring is 1. The first-order chi connectivity index (χ1) is 12.4. The first kappa shape index (κ1) is 20.2. The Bertz CT molecular complexity index is 788. The molecule has 0 saturated heterocycles. The Morgan fingerprint density at radius 2 is 2.08 bits per heavy atom. The number of nitrogens with two attached hydrogens (primary N) is 1. The quantitative estimate of drug-likeness (QED) is 0.513. The van der Waals surface area contributed by atoms with Crippen molar-refractivity contribution in [1.82, 2.24) is 19.7 Å². The van der Waals surface area contributed by atoms with Gasteiger partial charge in [0, 0.05) is 0 Å². The summed E-state index contributed by atoms with van der Waals surface area (Å²) < 4.78 is 6.61. The molecule has 0 radical (unpaired) electrons. The summed E-state index contributed by atoms with van der Waals surface area (Å²) in [4.78, 5) is 29.3. The number of hydrogen-bond acceptors (Lipinski definition) is 9. The molecule has 0 aliphatic rings. The summed E-state index contributed by atoms with van der Waals surface area (Å²) in [6, 6.07) is -0.575. The predicted octanol–water partition coefficient (Wildman–Crippen LogP) is 2.50. The van der Waals surface area contributed by atoms with Crippen LogP contribution in [-0.4, -0.2) is 44.0 Å². The van der Waals surface area contributed by atoms with Crippen LogP contribution < -0.4 is 11.1 Å². The summed E-state index contributed by atoms with van der Waals surface area (Å²) in [5.41, 5.74) is 6.42. The number of nitrogens with one attached hydrogen (secondary N) is 1. The van der Waals surface area contributed by atoms with Crippen molar-refractivity contribution in [3.05, 3.63) is 10.6 Å². The molecule has 0 aliphatic heterocycles. The highest BCUT2D eigenvalue weighted by Gasteiger charge is 2.26. The lowest BCUT2D eigenvalue weighted by Gasteiger charge is -2.18. The molecule has 0 fully saturated rings. The van der Waals surface area contributed by atoms with Crippen LogP contribution in [-0.2, 0) is 9.53 Å². The zero-order chi connectivity index (χ0) is 19.3.